The molecule has 4 heteroatoms. The van der Waals surface area contributed by atoms with Crippen LogP contribution in [0.5, 0.6) is 5.75 Å². The van der Waals surface area contributed by atoms with Crippen molar-refractivity contribution >= 4 is 11.7 Å². The quantitative estimate of drug-likeness (QED) is 0.718. The average Bonchev–Trinajstić information content (AvgIpc) is 2.90. The number of phenolic OH excluding ortho intramolecular Hbond substituents is 1. The second-order valence-corrected chi connectivity index (χ2v) is 6.46. The number of aromatic hydroxyl groups is 1. The van der Waals surface area contributed by atoms with Gasteiger partial charge in [-0.15, -0.1) is 0 Å². The first-order valence-electron chi connectivity index (χ1n) is 8.82. The molecule has 0 heterocycles. The summed E-state index contributed by atoms with van der Waals surface area (Å²) in [4.78, 5) is 24.1. The molecule has 24 heavy (non-hydrogen) atoms. The zero-order valence-electron chi connectivity index (χ0n) is 14.3. The van der Waals surface area contributed by atoms with E-state index in [1.54, 1.807) is 12.1 Å². The van der Waals surface area contributed by atoms with E-state index in [1.165, 1.54) is 0 Å². The molecular weight excluding hydrogens is 302 g/mol. The lowest BCUT2D eigenvalue weighted by Gasteiger charge is -2.16. The van der Waals surface area contributed by atoms with Gasteiger partial charge in [-0.1, -0.05) is 31.2 Å². The predicted octanol–water partition coefficient (Wildman–Crippen LogP) is 3.39. The minimum absolute atomic E-state index is 0.00986. The molecule has 4 nitrogen and oxygen atoms in total. The van der Waals surface area contributed by atoms with Crippen molar-refractivity contribution in [3.05, 3.63) is 42.0 Å². The molecule has 1 amide bonds. The fourth-order valence-electron chi connectivity index (χ4n) is 3.27. The van der Waals surface area contributed by atoms with Crippen molar-refractivity contribution in [2.45, 2.75) is 45.4 Å². The third kappa shape index (κ3) is 5.52. The molecule has 0 aliphatic heterocycles. The Morgan fingerprint density at radius 1 is 1.29 bits per heavy atom. The van der Waals surface area contributed by atoms with Crippen LogP contribution in [0.3, 0.4) is 0 Å². The molecule has 130 valence electrons. The lowest BCUT2D eigenvalue weighted by Crippen LogP contribution is -2.29. The van der Waals surface area contributed by atoms with Crippen LogP contribution >= 0.6 is 0 Å². The Kier molecular flexibility index (Phi) is 7.04. The Balaban J connectivity index is 1.75. The van der Waals surface area contributed by atoms with Gasteiger partial charge in [0.25, 0.3) is 0 Å². The SMILES string of the molecule is CCC=CCC1C(=O)CCC1CC(=O)NCCc1ccc(O)cc1. The van der Waals surface area contributed by atoms with Gasteiger partial charge < -0.3 is 10.4 Å². The molecule has 1 aliphatic carbocycles. The lowest BCUT2D eigenvalue weighted by molar-refractivity contribution is -0.123. The van der Waals surface area contributed by atoms with Crippen LogP contribution in [0.25, 0.3) is 0 Å². The maximum atomic E-state index is 12.1. The van der Waals surface area contributed by atoms with Gasteiger partial charge in [0.15, 0.2) is 0 Å². The largest absolute Gasteiger partial charge is 0.508 e. The van der Waals surface area contributed by atoms with Crippen molar-refractivity contribution < 1.29 is 14.7 Å². The minimum Gasteiger partial charge on any atom is -0.508 e. The molecule has 1 aromatic carbocycles. The van der Waals surface area contributed by atoms with Crippen LogP contribution in [0.1, 0.15) is 44.6 Å². The van der Waals surface area contributed by atoms with Gasteiger partial charge in [0.1, 0.15) is 11.5 Å². The van der Waals surface area contributed by atoms with Crippen molar-refractivity contribution in [3.63, 3.8) is 0 Å². The molecule has 0 saturated heterocycles. The number of rotatable bonds is 8. The van der Waals surface area contributed by atoms with Gasteiger partial charge in [-0.3, -0.25) is 9.59 Å². The van der Waals surface area contributed by atoms with E-state index in [1.807, 2.05) is 12.1 Å². The molecular formula is C20H27NO3. The number of phenols is 1. The first-order valence-corrected chi connectivity index (χ1v) is 8.82. The van der Waals surface area contributed by atoms with Gasteiger partial charge in [-0.2, -0.15) is 0 Å². The van der Waals surface area contributed by atoms with Crippen molar-refractivity contribution in [1.82, 2.24) is 5.32 Å². The number of ketones is 1. The van der Waals surface area contributed by atoms with Gasteiger partial charge >= 0.3 is 0 Å². The maximum absolute atomic E-state index is 12.1. The molecule has 2 N–H and O–H groups in total. The van der Waals surface area contributed by atoms with E-state index in [0.717, 1.165) is 31.2 Å². The Morgan fingerprint density at radius 2 is 2.04 bits per heavy atom. The topological polar surface area (TPSA) is 66.4 Å². The average molecular weight is 329 g/mol. The molecule has 2 unspecified atom stereocenters. The first kappa shape index (κ1) is 18.2. The summed E-state index contributed by atoms with van der Waals surface area (Å²) in [5, 5.41) is 12.2. The number of hydrogen-bond acceptors (Lipinski definition) is 3. The van der Waals surface area contributed by atoms with E-state index in [2.05, 4.69) is 24.4 Å². The van der Waals surface area contributed by atoms with E-state index in [-0.39, 0.29) is 23.5 Å². The van der Waals surface area contributed by atoms with Gasteiger partial charge in [0, 0.05) is 25.3 Å². The standard InChI is InChI=1S/C20H27NO3/c1-2-3-4-5-18-16(8-11-19(18)23)14-20(24)21-13-12-15-6-9-17(22)10-7-15/h3-4,6-7,9-10,16,18,22H,2,5,8,11-14H2,1H3,(H,21,24). The van der Waals surface area contributed by atoms with Gasteiger partial charge in [-0.25, -0.2) is 0 Å². The smallest absolute Gasteiger partial charge is 0.220 e. The van der Waals surface area contributed by atoms with Crippen LogP contribution < -0.4 is 5.32 Å². The molecule has 1 fully saturated rings. The number of amides is 1. The second-order valence-electron chi connectivity index (χ2n) is 6.46. The van der Waals surface area contributed by atoms with Crippen molar-refractivity contribution in [2.75, 3.05) is 6.54 Å². The van der Waals surface area contributed by atoms with Crippen LogP contribution in [0, 0.1) is 11.8 Å². The third-order valence-electron chi connectivity index (χ3n) is 4.66. The van der Waals surface area contributed by atoms with E-state index in [9.17, 15) is 14.7 Å². The number of allylic oxidation sites excluding steroid dienone is 2. The summed E-state index contributed by atoms with van der Waals surface area (Å²) in [5.41, 5.74) is 1.08. The van der Waals surface area contributed by atoms with Crippen LogP contribution in [-0.2, 0) is 16.0 Å². The van der Waals surface area contributed by atoms with E-state index in [0.29, 0.717) is 25.2 Å². The summed E-state index contributed by atoms with van der Waals surface area (Å²) >= 11 is 0. The number of benzene rings is 1. The van der Waals surface area contributed by atoms with Gasteiger partial charge in [-0.05, 0) is 49.3 Å². The number of carbonyl (C=O) groups is 2. The summed E-state index contributed by atoms with van der Waals surface area (Å²) in [7, 11) is 0. The molecule has 1 saturated carbocycles. The summed E-state index contributed by atoms with van der Waals surface area (Å²) in [6, 6.07) is 7.01. The highest BCUT2D eigenvalue weighted by Gasteiger charge is 2.34. The van der Waals surface area contributed by atoms with Gasteiger partial charge in [0.05, 0.1) is 0 Å². The molecule has 0 spiro atoms. The number of hydrogen-bond donors (Lipinski definition) is 2. The monoisotopic (exact) mass is 329 g/mol. The van der Waals surface area contributed by atoms with Crippen LogP contribution in [0.4, 0.5) is 0 Å². The zero-order valence-corrected chi connectivity index (χ0v) is 14.3. The summed E-state index contributed by atoms with van der Waals surface area (Å²) in [6.45, 7) is 2.65. The van der Waals surface area contributed by atoms with E-state index >= 15 is 0 Å². The molecule has 1 aliphatic rings. The first-order chi connectivity index (χ1) is 11.6. The van der Waals surface area contributed by atoms with Crippen molar-refractivity contribution in [2.24, 2.45) is 11.8 Å². The Morgan fingerprint density at radius 3 is 2.75 bits per heavy atom. The number of Topliss-reactive ketones (excluding diaryl/α,β-unsaturated/α-hetero) is 1. The highest BCUT2D eigenvalue weighted by atomic mass is 16.3. The molecule has 2 rings (SSSR count). The highest BCUT2D eigenvalue weighted by Crippen LogP contribution is 2.34. The Hall–Kier alpha value is -2.10. The zero-order chi connectivity index (χ0) is 17.4. The maximum Gasteiger partial charge on any atom is 0.220 e. The molecule has 1 aromatic rings. The fourth-order valence-corrected chi connectivity index (χ4v) is 3.27. The third-order valence-corrected chi connectivity index (χ3v) is 4.66. The summed E-state index contributed by atoms with van der Waals surface area (Å²) in [5.74, 6) is 0.760. The normalized spacial score (nSPS) is 20.6. The highest BCUT2D eigenvalue weighted by molar-refractivity contribution is 5.85. The Labute approximate surface area is 144 Å². The van der Waals surface area contributed by atoms with Crippen LogP contribution in [-0.4, -0.2) is 23.3 Å². The van der Waals surface area contributed by atoms with E-state index in [4.69, 9.17) is 0 Å². The second kappa shape index (κ2) is 9.26. The molecule has 2 atom stereocenters. The fraction of sp³-hybridized carbons (Fsp3) is 0.500. The Bertz CT molecular complexity index is 577. The number of carbonyl (C=O) groups excluding carboxylic acids is 2. The number of nitrogens with one attached hydrogen (secondary N) is 1. The lowest BCUT2D eigenvalue weighted by atomic mass is 9.89. The van der Waals surface area contributed by atoms with Gasteiger partial charge in [0.2, 0.25) is 5.91 Å². The summed E-state index contributed by atoms with van der Waals surface area (Å²) < 4.78 is 0. The van der Waals surface area contributed by atoms with E-state index < -0.39 is 0 Å². The van der Waals surface area contributed by atoms with Crippen LogP contribution in [0.2, 0.25) is 0 Å². The van der Waals surface area contributed by atoms with Crippen molar-refractivity contribution in [3.8, 4) is 5.75 Å². The molecule has 0 aromatic heterocycles. The summed E-state index contributed by atoms with van der Waals surface area (Å²) in [6.07, 6.45) is 8.50. The predicted molar refractivity (Wildman–Crippen MR) is 94.7 cm³/mol. The molecule has 0 bridgehead atoms. The minimum atomic E-state index is 0.00986. The van der Waals surface area contributed by atoms with Crippen LogP contribution in [0.15, 0.2) is 36.4 Å². The van der Waals surface area contributed by atoms with Crippen molar-refractivity contribution in [1.29, 1.82) is 0 Å². The molecule has 0 radical (unpaired) electrons.